The van der Waals surface area contributed by atoms with Crippen LogP contribution in [-0.2, 0) is 9.47 Å². The van der Waals surface area contributed by atoms with Gasteiger partial charge in [-0.1, -0.05) is 12.1 Å². The van der Waals surface area contributed by atoms with E-state index in [1.807, 2.05) is 6.07 Å². The molecule has 9 heteroatoms. The molecular formula is C21H23N3O6. The van der Waals surface area contributed by atoms with E-state index in [-0.39, 0.29) is 31.9 Å². The van der Waals surface area contributed by atoms with Crippen LogP contribution in [0.3, 0.4) is 0 Å². The normalized spacial score (nSPS) is 9.90. The first-order valence-corrected chi connectivity index (χ1v) is 9.10. The quantitative estimate of drug-likeness (QED) is 0.622. The lowest BCUT2D eigenvalue weighted by Crippen LogP contribution is -2.34. The third-order valence-corrected chi connectivity index (χ3v) is 3.84. The van der Waals surface area contributed by atoms with Gasteiger partial charge in [-0.3, -0.25) is 10.2 Å². The summed E-state index contributed by atoms with van der Waals surface area (Å²) in [4.78, 5) is 25.8. The third kappa shape index (κ3) is 7.00. The summed E-state index contributed by atoms with van der Waals surface area (Å²) < 4.78 is 20.4. The van der Waals surface area contributed by atoms with Gasteiger partial charge in [0.1, 0.15) is 18.1 Å². The molecule has 0 aromatic heterocycles. The molecule has 2 rings (SSSR count). The highest BCUT2D eigenvalue weighted by molar-refractivity contribution is 5.90. The number of nitrogens with zero attached hydrogens (tertiary/aromatic N) is 2. The van der Waals surface area contributed by atoms with E-state index in [1.165, 1.54) is 25.2 Å². The average Bonchev–Trinajstić information content (AvgIpc) is 2.74. The van der Waals surface area contributed by atoms with Crippen LogP contribution in [-0.4, -0.2) is 46.2 Å². The van der Waals surface area contributed by atoms with E-state index >= 15 is 0 Å². The lowest BCUT2D eigenvalue weighted by atomic mass is 10.2. The highest BCUT2D eigenvalue weighted by Gasteiger charge is 2.19. The molecule has 0 spiro atoms. The van der Waals surface area contributed by atoms with Crippen LogP contribution < -0.4 is 19.7 Å². The SMILES string of the molecule is COCCOC(=O)Nc1cccc(OC(=O)N(CCC#N)c2cccc(OC)c2)c1. The zero-order chi connectivity index (χ0) is 21.8. The van der Waals surface area contributed by atoms with Crippen molar-refractivity contribution in [1.29, 1.82) is 5.26 Å². The van der Waals surface area contributed by atoms with Crippen molar-refractivity contribution in [2.45, 2.75) is 6.42 Å². The minimum atomic E-state index is -0.668. The molecule has 0 fully saturated rings. The van der Waals surface area contributed by atoms with Gasteiger partial charge in [0, 0.05) is 31.5 Å². The van der Waals surface area contributed by atoms with E-state index in [0.29, 0.717) is 17.1 Å². The van der Waals surface area contributed by atoms with Crippen LogP contribution in [0.15, 0.2) is 48.5 Å². The summed E-state index contributed by atoms with van der Waals surface area (Å²) in [5.41, 5.74) is 0.929. The van der Waals surface area contributed by atoms with Gasteiger partial charge >= 0.3 is 12.2 Å². The largest absolute Gasteiger partial charge is 0.497 e. The number of nitriles is 1. The number of ether oxygens (including phenoxy) is 4. The molecule has 0 aliphatic carbocycles. The number of methoxy groups -OCH3 is 2. The van der Waals surface area contributed by atoms with E-state index in [2.05, 4.69) is 5.32 Å². The fourth-order valence-corrected chi connectivity index (χ4v) is 2.43. The van der Waals surface area contributed by atoms with Crippen LogP contribution in [0.5, 0.6) is 11.5 Å². The standard InChI is InChI=1S/C21H23N3O6/c1-27-12-13-29-20(25)23-16-6-3-9-19(14-16)30-21(26)24(11-5-10-22)17-7-4-8-18(15-17)28-2/h3-4,6-9,14-15H,5,11-13H2,1-2H3,(H,23,25). The first kappa shape index (κ1) is 22.5. The smallest absolute Gasteiger partial charge is 0.419 e. The monoisotopic (exact) mass is 413 g/mol. The summed E-state index contributed by atoms with van der Waals surface area (Å²) in [6.07, 6.45) is -1.19. The Morgan fingerprint density at radius 3 is 2.57 bits per heavy atom. The maximum absolute atomic E-state index is 12.8. The predicted molar refractivity (Wildman–Crippen MR) is 110 cm³/mol. The zero-order valence-corrected chi connectivity index (χ0v) is 16.8. The van der Waals surface area contributed by atoms with E-state index in [9.17, 15) is 9.59 Å². The summed E-state index contributed by atoms with van der Waals surface area (Å²) in [7, 11) is 3.03. The molecule has 0 aliphatic heterocycles. The van der Waals surface area contributed by atoms with Crippen LogP contribution in [0.1, 0.15) is 6.42 Å². The van der Waals surface area contributed by atoms with Gasteiger partial charge in [-0.05, 0) is 24.3 Å². The zero-order valence-electron chi connectivity index (χ0n) is 16.8. The van der Waals surface area contributed by atoms with Crippen molar-refractivity contribution in [3.05, 3.63) is 48.5 Å². The molecule has 0 heterocycles. The lowest BCUT2D eigenvalue weighted by Gasteiger charge is -2.21. The van der Waals surface area contributed by atoms with Crippen molar-refractivity contribution in [3.8, 4) is 17.6 Å². The molecule has 0 atom stereocenters. The number of nitrogens with one attached hydrogen (secondary N) is 1. The van der Waals surface area contributed by atoms with E-state index in [1.54, 1.807) is 42.5 Å². The van der Waals surface area contributed by atoms with E-state index in [4.69, 9.17) is 24.2 Å². The van der Waals surface area contributed by atoms with E-state index < -0.39 is 12.2 Å². The molecule has 30 heavy (non-hydrogen) atoms. The summed E-state index contributed by atoms with van der Waals surface area (Å²) in [6, 6.07) is 15.2. The summed E-state index contributed by atoms with van der Waals surface area (Å²) >= 11 is 0. The summed E-state index contributed by atoms with van der Waals surface area (Å²) in [5, 5.41) is 11.5. The Morgan fingerprint density at radius 2 is 1.83 bits per heavy atom. The third-order valence-electron chi connectivity index (χ3n) is 3.84. The van der Waals surface area contributed by atoms with Crippen molar-refractivity contribution in [2.75, 3.05) is 44.2 Å². The molecule has 0 aliphatic rings. The Labute approximate surface area is 174 Å². The molecule has 2 aromatic rings. The van der Waals surface area contributed by atoms with Gasteiger partial charge in [0.2, 0.25) is 0 Å². The van der Waals surface area contributed by atoms with Gasteiger partial charge in [0.15, 0.2) is 0 Å². The van der Waals surface area contributed by atoms with Gasteiger partial charge in [-0.2, -0.15) is 5.26 Å². The second-order valence-electron chi connectivity index (χ2n) is 5.91. The van der Waals surface area contributed by atoms with Gasteiger partial charge in [0.25, 0.3) is 0 Å². The van der Waals surface area contributed by atoms with Crippen molar-refractivity contribution < 1.29 is 28.5 Å². The maximum atomic E-state index is 12.8. The number of amides is 2. The van der Waals surface area contributed by atoms with Crippen LogP contribution in [0, 0.1) is 11.3 Å². The van der Waals surface area contributed by atoms with Crippen LogP contribution in [0.25, 0.3) is 0 Å². The van der Waals surface area contributed by atoms with Crippen LogP contribution in [0.4, 0.5) is 21.0 Å². The fraction of sp³-hybridized carbons (Fsp3) is 0.286. The molecule has 0 saturated carbocycles. The van der Waals surface area contributed by atoms with Gasteiger partial charge < -0.3 is 18.9 Å². The molecule has 9 nitrogen and oxygen atoms in total. The topological polar surface area (TPSA) is 110 Å². The van der Waals surface area contributed by atoms with Crippen LogP contribution in [0.2, 0.25) is 0 Å². The molecular weight excluding hydrogens is 390 g/mol. The molecule has 2 amide bonds. The Morgan fingerprint density at radius 1 is 1.07 bits per heavy atom. The molecule has 1 N–H and O–H groups in total. The van der Waals surface area contributed by atoms with Gasteiger partial charge in [0.05, 0.1) is 31.9 Å². The Bertz CT molecular complexity index is 896. The molecule has 0 bridgehead atoms. The van der Waals surface area contributed by atoms with Gasteiger partial charge in [-0.15, -0.1) is 0 Å². The number of hydrogen-bond acceptors (Lipinski definition) is 7. The van der Waals surface area contributed by atoms with Crippen molar-refractivity contribution in [1.82, 2.24) is 0 Å². The molecule has 0 saturated heterocycles. The van der Waals surface area contributed by atoms with Gasteiger partial charge in [-0.25, -0.2) is 9.59 Å². The highest BCUT2D eigenvalue weighted by Crippen LogP contribution is 2.24. The summed E-state index contributed by atoms with van der Waals surface area (Å²) in [6.45, 7) is 0.547. The molecule has 158 valence electrons. The van der Waals surface area contributed by atoms with Crippen LogP contribution >= 0.6 is 0 Å². The average molecular weight is 413 g/mol. The number of anilines is 2. The van der Waals surface area contributed by atoms with Crippen molar-refractivity contribution in [3.63, 3.8) is 0 Å². The number of benzene rings is 2. The maximum Gasteiger partial charge on any atom is 0.419 e. The molecule has 2 aromatic carbocycles. The lowest BCUT2D eigenvalue weighted by molar-refractivity contribution is 0.107. The Kier molecular flexibility index (Phi) is 8.96. The minimum Gasteiger partial charge on any atom is -0.497 e. The predicted octanol–water partition coefficient (Wildman–Crippen LogP) is 3.81. The molecule has 0 radical (unpaired) electrons. The number of carbonyl (C=O) groups excluding carboxylic acids is 2. The number of hydrogen-bond donors (Lipinski definition) is 1. The first-order chi connectivity index (χ1) is 14.6. The molecule has 0 unspecified atom stereocenters. The second-order valence-corrected chi connectivity index (χ2v) is 5.91. The fourth-order valence-electron chi connectivity index (χ4n) is 2.43. The minimum absolute atomic E-state index is 0.116. The second kappa shape index (κ2) is 11.9. The number of rotatable bonds is 9. The van der Waals surface area contributed by atoms with Crippen molar-refractivity contribution >= 4 is 23.6 Å². The number of carbonyl (C=O) groups is 2. The Hall–Kier alpha value is -3.77. The van der Waals surface area contributed by atoms with Crippen molar-refractivity contribution in [2.24, 2.45) is 0 Å². The highest BCUT2D eigenvalue weighted by atomic mass is 16.6. The van der Waals surface area contributed by atoms with E-state index in [0.717, 1.165) is 0 Å². The first-order valence-electron chi connectivity index (χ1n) is 9.10. The Balaban J connectivity index is 2.09. The summed E-state index contributed by atoms with van der Waals surface area (Å²) in [5.74, 6) is 0.792.